The number of halogens is 1. The van der Waals surface area contributed by atoms with Gasteiger partial charge in [0.1, 0.15) is 5.75 Å². The van der Waals surface area contributed by atoms with E-state index in [0.717, 1.165) is 37.1 Å². The van der Waals surface area contributed by atoms with Crippen molar-refractivity contribution in [3.8, 4) is 5.75 Å². The molecule has 2 rings (SSSR count). The molecule has 1 fully saturated rings. The van der Waals surface area contributed by atoms with E-state index in [1.165, 1.54) is 6.42 Å². The van der Waals surface area contributed by atoms with E-state index in [9.17, 15) is 4.79 Å². The molecule has 1 aliphatic carbocycles. The highest BCUT2D eigenvalue weighted by Crippen LogP contribution is 2.27. The van der Waals surface area contributed by atoms with Crippen molar-refractivity contribution >= 4 is 18.3 Å². The molecule has 1 aromatic carbocycles. The number of carbonyl (C=O) groups excluding carboxylic acids is 1. The number of ether oxygens (including phenoxy) is 1. The van der Waals surface area contributed by atoms with E-state index in [0.29, 0.717) is 19.1 Å². The highest BCUT2D eigenvalue weighted by molar-refractivity contribution is 5.85. The summed E-state index contributed by atoms with van der Waals surface area (Å²) in [6.07, 6.45) is 5.34. The van der Waals surface area contributed by atoms with E-state index in [2.05, 4.69) is 10.6 Å². The maximum absolute atomic E-state index is 11.7. The number of nitrogens with one attached hydrogen (secondary N) is 2. The van der Waals surface area contributed by atoms with Crippen LogP contribution >= 0.6 is 12.4 Å². The number of rotatable bonds is 8. The van der Waals surface area contributed by atoms with Crippen molar-refractivity contribution in [3.05, 3.63) is 29.8 Å². The highest BCUT2D eigenvalue weighted by atomic mass is 35.5. The molecule has 0 bridgehead atoms. The van der Waals surface area contributed by atoms with Crippen LogP contribution in [0.4, 0.5) is 0 Å². The van der Waals surface area contributed by atoms with E-state index < -0.39 is 0 Å². The van der Waals surface area contributed by atoms with Crippen molar-refractivity contribution < 1.29 is 9.53 Å². The third-order valence-corrected chi connectivity index (χ3v) is 3.63. The van der Waals surface area contributed by atoms with E-state index in [1.807, 2.05) is 31.3 Å². The smallest absolute Gasteiger partial charge is 0.220 e. The number of para-hydroxylation sites is 1. The second kappa shape index (κ2) is 9.64. The van der Waals surface area contributed by atoms with Crippen molar-refractivity contribution in [1.82, 2.24) is 10.6 Å². The fraction of sp³-hybridized carbons (Fsp3) is 0.562. The van der Waals surface area contributed by atoms with E-state index in [-0.39, 0.29) is 18.3 Å². The Hall–Kier alpha value is -1.26. The third kappa shape index (κ3) is 5.94. The molecule has 0 spiro atoms. The second-order valence-corrected chi connectivity index (χ2v) is 5.26. The molecule has 0 saturated heterocycles. The summed E-state index contributed by atoms with van der Waals surface area (Å²) in [6, 6.07) is 7.96. The van der Waals surface area contributed by atoms with Gasteiger partial charge in [-0.2, -0.15) is 0 Å². The van der Waals surface area contributed by atoms with Gasteiger partial charge in [-0.1, -0.05) is 18.2 Å². The number of hydrogen-bond acceptors (Lipinski definition) is 3. The van der Waals surface area contributed by atoms with Crippen LogP contribution in [0.15, 0.2) is 24.3 Å². The monoisotopic (exact) mass is 312 g/mol. The van der Waals surface area contributed by atoms with Gasteiger partial charge >= 0.3 is 0 Å². The lowest BCUT2D eigenvalue weighted by Gasteiger charge is -2.27. The minimum absolute atomic E-state index is 0. The fourth-order valence-corrected chi connectivity index (χ4v) is 2.14. The molecule has 4 nitrogen and oxygen atoms in total. The second-order valence-electron chi connectivity index (χ2n) is 5.26. The van der Waals surface area contributed by atoms with Crippen molar-refractivity contribution in [2.45, 2.75) is 44.8 Å². The maximum Gasteiger partial charge on any atom is 0.220 e. The molecule has 0 unspecified atom stereocenters. The Morgan fingerprint density at radius 2 is 2.10 bits per heavy atom. The first kappa shape index (κ1) is 17.8. The van der Waals surface area contributed by atoms with Crippen molar-refractivity contribution in [2.75, 3.05) is 13.6 Å². The van der Waals surface area contributed by atoms with Crippen LogP contribution < -0.4 is 15.4 Å². The molecule has 0 aromatic heterocycles. The first-order valence-electron chi connectivity index (χ1n) is 7.45. The summed E-state index contributed by atoms with van der Waals surface area (Å²) in [5.41, 5.74) is 1.06. The Labute approximate surface area is 133 Å². The minimum Gasteiger partial charge on any atom is -0.490 e. The number of hydrogen-bond donors (Lipinski definition) is 2. The zero-order valence-electron chi connectivity index (χ0n) is 12.6. The molecular formula is C16H25ClN2O2. The molecule has 0 radical (unpaired) electrons. The van der Waals surface area contributed by atoms with Gasteiger partial charge in [0.25, 0.3) is 0 Å². The van der Waals surface area contributed by atoms with E-state index in [1.54, 1.807) is 0 Å². The molecule has 5 heteroatoms. The summed E-state index contributed by atoms with van der Waals surface area (Å²) in [6.45, 7) is 1.41. The Morgan fingerprint density at radius 1 is 1.33 bits per heavy atom. The SMILES string of the molecule is CNCCCC(=O)NCc1ccccc1OC1CCC1.Cl. The molecule has 1 aromatic rings. The molecule has 1 amide bonds. The number of carbonyl (C=O) groups is 1. The Morgan fingerprint density at radius 3 is 2.76 bits per heavy atom. The molecule has 118 valence electrons. The van der Waals surface area contributed by atoms with Crippen LogP contribution in [0.5, 0.6) is 5.75 Å². The quantitative estimate of drug-likeness (QED) is 0.726. The van der Waals surface area contributed by atoms with E-state index >= 15 is 0 Å². The van der Waals surface area contributed by atoms with Gasteiger partial charge in [0, 0.05) is 18.5 Å². The van der Waals surface area contributed by atoms with Gasteiger partial charge in [0.2, 0.25) is 5.91 Å². The third-order valence-electron chi connectivity index (χ3n) is 3.63. The largest absolute Gasteiger partial charge is 0.490 e. The lowest BCUT2D eigenvalue weighted by atomic mass is 9.96. The predicted octanol–water partition coefficient (Wildman–Crippen LogP) is 2.66. The van der Waals surface area contributed by atoms with Gasteiger partial charge in [-0.05, 0) is 45.3 Å². The zero-order chi connectivity index (χ0) is 14.2. The molecule has 2 N–H and O–H groups in total. The van der Waals surface area contributed by atoms with Gasteiger partial charge < -0.3 is 15.4 Å². The number of benzene rings is 1. The Balaban J connectivity index is 0.00000220. The van der Waals surface area contributed by atoms with Crippen molar-refractivity contribution in [3.63, 3.8) is 0 Å². The molecule has 21 heavy (non-hydrogen) atoms. The first-order chi connectivity index (χ1) is 9.79. The minimum atomic E-state index is 0. The molecule has 0 aliphatic heterocycles. The molecule has 1 saturated carbocycles. The van der Waals surface area contributed by atoms with Gasteiger partial charge in [0.15, 0.2) is 0 Å². The van der Waals surface area contributed by atoms with Gasteiger partial charge in [-0.3, -0.25) is 4.79 Å². The topological polar surface area (TPSA) is 50.4 Å². The fourth-order valence-electron chi connectivity index (χ4n) is 2.14. The molecule has 1 aliphatic rings. The normalized spacial score (nSPS) is 14.0. The Bertz CT molecular complexity index is 436. The van der Waals surface area contributed by atoms with Crippen LogP contribution in [0.3, 0.4) is 0 Å². The van der Waals surface area contributed by atoms with Crippen LogP contribution in [0.25, 0.3) is 0 Å². The maximum atomic E-state index is 11.7. The Kier molecular flexibility index (Phi) is 8.16. The molecule has 0 atom stereocenters. The summed E-state index contributed by atoms with van der Waals surface area (Å²) in [5.74, 6) is 1.01. The van der Waals surface area contributed by atoms with Gasteiger partial charge in [-0.25, -0.2) is 0 Å². The standard InChI is InChI=1S/C16H24N2O2.ClH/c1-17-11-5-10-16(19)18-12-13-6-2-3-9-15(13)20-14-7-4-8-14;/h2-3,6,9,14,17H,4-5,7-8,10-12H2,1H3,(H,18,19);1H. The average molecular weight is 313 g/mol. The number of amides is 1. The van der Waals surface area contributed by atoms with Gasteiger partial charge in [0.05, 0.1) is 6.10 Å². The van der Waals surface area contributed by atoms with Crippen molar-refractivity contribution in [2.24, 2.45) is 0 Å². The average Bonchev–Trinajstić information content (AvgIpc) is 2.42. The molecular weight excluding hydrogens is 288 g/mol. The summed E-state index contributed by atoms with van der Waals surface area (Å²) < 4.78 is 5.95. The molecule has 0 heterocycles. The van der Waals surface area contributed by atoms with Gasteiger partial charge in [-0.15, -0.1) is 12.4 Å². The van der Waals surface area contributed by atoms with E-state index in [4.69, 9.17) is 4.74 Å². The summed E-state index contributed by atoms with van der Waals surface area (Å²) in [5, 5.41) is 6.00. The lowest BCUT2D eigenvalue weighted by molar-refractivity contribution is -0.121. The van der Waals surface area contributed by atoms with Crippen LogP contribution in [-0.2, 0) is 11.3 Å². The first-order valence-corrected chi connectivity index (χ1v) is 7.45. The summed E-state index contributed by atoms with van der Waals surface area (Å²) in [7, 11) is 1.89. The van der Waals surface area contributed by atoms with Crippen LogP contribution in [0.1, 0.15) is 37.7 Å². The highest BCUT2D eigenvalue weighted by Gasteiger charge is 2.20. The zero-order valence-corrected chi connectivity index (χ0v) is 13.4. The summed E-state index contributed by atoms with van der Waals surface area (Å²) >= 11 is 0. The van der Waals surface area contributed by atoms with Crippen LogP contribution in [0.2, 0.25) is 0 Å². The predicted molar refractivity (Wildman–Crippen MR) is 87.0 cm³/mol. The lowest BCUT2D eigenvalue weighted by Crippen LogP contribution is -2.27. The van der Waals surface area contributed by atoms with Crippen molar-refractivity contribution in [1.29, 1.82) is 0 Å². The van der Waals surface area contributed by atoms with Crippen LogP contribution in [0, 0.1) is 0 Å². The summed E-state index contributed by atoms with van der Waals surface area (Å²) in [4.78, 5) is 11.7. The van der Waals surface area contributed by atoms with Crippen LogP contribution in [-0.4, -0.2) is 25.6 Å².